The van der Waals surface area contributed by atoms with Crippen molar-refractivity contribution in [3.05, 3.63) is 71.4 Å². The molecule has 1 aromatic heterocycles. The van der Waals surface area contributed by atoms with Crippen molar-refractivity contribution in [2.24, 2.45) is 0 Å². The second kappa shape index (κ2) is 10.7. The maximum atomic E-state index is 13.7. The zero-order chi connectivity index (χ0) is 26.0. The fraction of sp³-hybridized carbons (Fsp3) is 0.385. The maximum Gasteiger partial charge on any atom is 0.263 e. The van der Waals surface area contributed by atoms with Gasteiger partial charge in [-0.1, -0.05) is 35.9 Å². The Kier molecular flexibility index (Phi) is 7.41. The lowest BCUT2D eigenvalue weighted by atomic mass is 10.2. The number of amides is 1. The van der Waals surface area contributed by atoms with E-state index in [2.05, 4.69) is 27.0 Å². The van der Waals surface area contributed by atoms with Crippen molar-refractivity contribution >= 4 is 38.9 Å². The first-order valence-electron chi connectivity index (χ1n) is 12.5. The third-order valence-electron chi connectivity index (χ3n) is 6.97. The third-order valence-corrected chi connectivity index (χ3v) is 9.04. The van der Waals surface area contributed by atoms with Crippen LogP contribution in [0.25, 0.3) is 0 Å². The molecule has 0 bridgehead atoms. The van der Waals surface area contributed by atoms with Crippen molar-refractivity contribution in [1.82, 2.24) is 19.0 Å². The van der Waals surface area contributed by atoms with Gasteiger partial charge >= 0.3 is 0 Å². The minimum Gasteiger partial charge on any atom is -0.369 e. The van der Waals surface area contributed by atoms with Gasteiger partial charge in [0.15, 0.2) is 0 Å². The van der Waals surface area contributed by atoms with Crippen molar-refractivity contribution in [2.75, 3.05) is 62.2 Å². The van der Waals surface area contributed by atoms with Gasteiger partial charge in [0.1, 0.15) is 0 Å². The number of hydrogen-bond donors (Lipinski definition) is 0. The number of carbonyl (C=O) groups excluding carboxylic acids is 1. The van der Waals surface area contributed by atoms with Gasteiger partial charge in [0, 0.05) is 81.5 Å². The fourth-order valence-electron chi connectivity index (χ4n) is 4.86. The van der Waals surface area contributed by atoms with Gasteiger partial charge < -0.3 is 14.7 Å². The third kappa shape index (κ3) is 5.32. The minimum absolute atomic E-state index is 0.146. The summed E-state index contributed by atoms with van der Waals surface area (Å²) in [5.41, 5.74) is 2.23. The van der Waals surface area contributed by atoms with Gasteiger partial charge in [-0.3, -0.25) is 9.48 Å². The maximum absolute atomic E-state index is 13.7. The molecule has 0 spiro atoms. The molecule has 0 atom stereocenters. The first-order chi connectivity index (χ1) is 17.9. The van der Waals surface area contributed by atoms with Crippen LogP contribution in [-0.4, -0.2) is 85.7 Å². The number of carbonyl (C=O) groups is 1. The van der Waals surface area contributed by atoms with E-state index in [0.717, 1.165) is 11.4 Å². The van der Waals surface area contributed by atoms with E-state index in [1.807, 2.05) is 49.4 Å². The minimum atomic E-state index is -3.94. The Hall–Kier alpha value is -3.08. The lowest BCUT2D eigenvalue weighted by molar-refractivity contribution is 0.0742. The normalized spacial score (nSPS) is 17.3. The van der Waals surface area contributed by atoms with E-state index in [1.54, 1.807) is 11.1 Å². The molecule has 11 heteroatoms. The number of halogens is 1. The van der Waals surface area contributed by atoms with Crippen LogP contribution in [0.3, 0.4) is 0 Å². The molecule has 0 aliphatic carbocycles. The summed E-state index contributed by atoms with van der Waals surface area (Å²) in [5.74, 6) is -0.288. The van der Waals surface area contributed by atoms with Gasteiger partial charge in [-0.15, -0.1) is 0 Å². The molecule has 3 aromatic rings. The molecule has 2 aliphatic rings. The number of para-hydroxylation sites is 1. The van der Waals surface area contributed by atoms with Gasteiger partial charge in [0.25, 0.3) is 15.9 Å². The van der Waals surface area contributed by atoms with E-state index >= 15 is 0 Å². The summed E-state index contributed by atoms with van der Waals surface area (Å²) >= 11 is 6.13. The van der Waals surface area contributed by atoms with Gasteiger partial charge in [-0.2, -0.15) is 9.40 Å². The molecule has 2 fully saturated rings. The van der Waals surface area contributed by atoms with E-state index in [4.69, 9.17) is 11.6 Å². The van der Waals surface area contributed by atoms with E-state index in [1.165, 1.54) is 8.99 Å². The van der Waals surface area contributed by atoms with Crippen molar-refractivity contribution in [1.29, 1.82) is 0 Å². The SMILES string of the molecule is CCn1cc(C(=O)N2CCN(c3ccccc3)CC2)c(S(=O)(=O)N2CCN(c3cccc(Cl)c3)CC2)n1. The summed E-state index contributed by atoms with van der Waals surface area (Å²) in [6.45, 7) is 6.41. The van der Waals surface area contributed by atoms with E-state index in [0.29, 0.717) is 63.9 Å². The summed E-state index contributed by atoms with van der Waals surface area (Å²) in [4.78, 5) is 19.6. The van der Waals surface area contributed by atoms with Crippen LogP contribution in [0.15, 0.2) is 65.8 Å². The first kappa shape index (κ1) is 25.6. The molecular formula is C26H31ClN6O3S. The Morgan fingerprint density at radius 2 is 1.49 bits per heavy atom. The van der Waals surface area contributed by atoms with Crippen LogP contribution in [0.2, 0.25) is 5.02 Å². The number of sulfonamides is 1. The second-order valence-corrected chi connectivity index (χ2v) is 11.5. The quantitative estimate of drug-likeness (QED) is 0.476. The number of anilines is 2. The predicted octanol–water partition coefficient (Wildman–Crippen LogP) is 3.03. The number of piperazine rings is 2. The summed E-state index contributed by atoms with van der Waals surface area (Å²) < 4.78 is 30.3. The Balaban J connectivity index is 1.30. The number of rotatable bonds is 6. The number of hydrogen-bond acceptors (Lipinski definition) is 6. The van der Waals surface area contributed by atoms with Crippen LogP contribution in [0.4, 0.5) is 11.4 Å². The molecule has 196 valence electrons. The van der Waals surface area contributed by atoms with Crippen molar-refractivity contribution in [3.63, 3.8) is 0 Å². The van der Waals surface area contributed by atoms with Crippen LogP contribution in [0.5, 0.6) is 0 Å². The highest BCUT2D eigenvalue weighted by atomic mass is 35.5. The molecular weight excluding hydrogens is 512 g/mol. The zero-order valence-electron chi connectivity index (χ0n) is 20.8. The first-order valence-corrected chi connectivity index (χ1v) is 14.4. The second-order valence-electron chi connectivity index (χ2n) is 9.19. The van der Waals surface area contributed by atoms with Crippen LogP contribution < -0.4 is 9.80 Å². The lowest BCUT2D eigenvalue weighted by Gasteiger charge is -2.36. The molecule has 37 heavy (non-hydrogen) atoms. The molecule has 1 amide bonds. The van der Waals surface area contributed by atoms with Crippen molar-refractivity contribution < 1.29 is 13.2 Å². The number of benzene rings is 2. The Morgan fingerprint density at radius 1 is 0.865 bits per heavy atom. The molecule has 2 aromatic carbocycles. The van der Waals surface area contributed by atoms with Crippen LogP contribution in [-0.2, 0) is 16.6 Å². The lowest BCUT2D eigenvalue weighted by Crippen LogP contribution is -2.50. The van der Waals surface area contributed by atoms with Crippen molar-refractivity contribution in [3.8, 4) is 0 Å². The Bertz CT molecular complexity index is 1350. The Morgan fingerprint density at radius 3 is 2.14 bits per heavy atom. The van der Waals surface area contributed by atoms with Crippen LogP contribution in [0, 0.1) is 0 Å². The average Bonchev–Trinajstić information content (AvgIpc) is 3.39. The predicted molar refractivity (Wildman–Crippen MR) is 145 cm³/mol. The van der Waals surface area contributed by atoms with E-state index in [-0.39, 0.29) is 16.5 Å². The summed E-state index contributed by atoms with van der Waals surface area (Å²) in [7, 11) is -3.94. The van der Waals surface area contributed by atoms with Crippen LogP contribution in [0.1, 0.15) is 17.3 Å². The molecule has 3 heterocycles. The number of aromatic nitrogens is 2. The molecule has 0 unspecified atom stereocenters. The monoisotopic (exact) mass is 542 g/mol. The standard InChI is InChI=1S/C26H31ClN6O3S/c1-2-32-20-24(26(34)31-13-11-29(12-14-31)22-8-4-3-5-9-22)25(28-32)37(35,36)33-17-15-30(16-18-33)23-10-6-7-21(27)19-23/h3-10,19-20H,2,11-18H2,1H3. The highest BCUT2D eigenvalue weighted by Gasteiger charge is 2.36. The fourth-order valence-corrected chi connectivity index (χ4v) is 6.56. The summed E-state index contributed by atoms with van der Waals surface area (Å²) in [6, 6.07) is 17.6. The van der Waals surface area contributed by atoms with Gasteiger partial charge in [0.2, 0.25) is 5.03 Å². The van der Waals surface area contributed by atoms with Crippen LogP contribution >= 0.6 is 11.6 Å². The summed E-state index contributed by atoms with van der Waals surface area (Å²) in [6.07, 6.45) is 1.57. The Labute approximate surface area is 222 Å². The molecule has 2 saturated heterocycles. The van der Waals surface area contributed by atoms with Gasteiger partial charge in [-0.25, -0.2) is 8.42 Å². The van der Waals surface area contributed by atoms with E-state index in [9.17, 15) is 13.2 Å². The average molecular weight is 543 g/mol. The summed E-state index contributed by atoms with van der Waals surface area (Å²) in [5, 5.41) is 4.83. The molecule has 2 aliphatic heterocycles. The smallest absolute Gasteiger partial charge is 0.263 e. The molecule has 0 N–H and O–H groups in total. The largest absolute Gasteiger partial charge is 0.369 e. The topological polar surface area (TPSA) is 82.0 Å². The highest BCUT2D eigenvalue weighted by molar-refractivity contribution is 7.89. The van der Waals surface area contributed by atoms with E-state index < -0.39 is 10.0 Å². The highest BCUT2D eigenvalue weighted by Crippen LogP contribution is 2.26. The number of nitrogens with zero attached hydrogens (tertiary/aromatic N) is 6. The number of aryl methyl sites for hydroxylation is 1. The molecule has 0 saturated carbocycles. The van der Waals surface area contributed by atoms with Gasteiger partial charge in [-0.05, 0) is 37.3 Å². The zero-order valence-corrected chi connectivity index (χ0v) is 22.4. The van der Waals surface area contributed by atoms with Gasteiger partial charge in [0.05, 0.1) is 5.56 Å². The molecule has 0 radical (unpaired) electrons. The molecule has 9 nitrogen and oxygen atoms in total. The molecule has 5 rings (SSSR count). The van der Waals surface area contributed by atoms with Crippen molar-refractivity contribution in [2.45, 2.75) is 18.5 Å².